The maximum absolute atomic E-state index is 12.1. The molecule has 0 bridgehead atoms. The highest BCUT2D eigenvalue weighted by atomic mass is 127. The Balaban J connectivity index is 2.12. The summed E-state index contributed by atoms with van der Waals surface area (Å²) in [6.45, 7) is 0. The van der Waals surface area contributed by atoms with Gasteiger partial charge in [-0.3, -0.25) is 4.79 Å². The summed E-state index contributed by atoms with van der Waals surface area (Å²) in [5, 5.41) is 0. The smallest absolute Gasteiger partial charge is 0.275 e. The van der Waals surface area contributed by atoms with Gasteiger partial charge in [-0.05, 0) is 46.4 Å². The Bertz CT molecular complexity index is 838. The monoisotopic (exact) mass is 374 g/mol. The first-order valence-electron chi connectivity index (χ1n) is 6.16. The molecule has 3 nitrogen and oxygen atoms in total. The van der Waals surface area contributed by atoms with E-state index < -0.39 is 0 Å². The summed E-state index contributed by atoms with van der Waals surface area (Å²) in [4.78, 5) is 19.4. The van der Waals surface area contributed by atoms with Gasteiger partial charge in [0.25, 0.3) is 5.56 Å². The number of rotatable bonds is 2. The summed E-state index contributed by atoms with van der Waals surface area (Å²) in [5.74, 6) is 0. The van der Waals surface area contributed by atoms with E-state index in [9.17, 15) is 4.79 Å². The molecular formula is C16H11IN2O. The van der Waals surface area contributed by atoms with E-state index in [1.165, 1.54) is 0 Å². The molecule has 0 saturated heterocycles. The molecule has 1 N–H and O–H groups in total. The molecule has 3 aromatic rings. The topological polar surface area (TPSA) is 45.8 Å². The van der Waals surface area contributed by atoms with Gasteiger partial charge in [0.15, 0.2) is 0 Å². The highest BCUT2D eigenvalue weighted by Gasteiger charge is 2.07. The van der Waals surface area contributed by atoms with Crippen molar-refractivity contribution in [2.45, 2.75) is 0 Å². The zero-order chi connectivity index (χ0) is 13.9. The van der Waals surface area contributed by atoms with E-state index in [0.717, 1.165) is 20.2 Å². The zero-order valence-corrected chi connectivity index (χ0v) is 12.7. The third-order valence-corrected chi connectivity index (χ3v) is 3.74. The number of aromatic nitrogens is 2. The molecule has 0 unspecified atom stereocenters. The van der Waals surface area contributed by atoms with Gasteiger partial charge in [-0.1, -0.05) is 42.5 Å². The molecule has 0 fully saturated rings. The lowest BCUT2D eigenvalue weighted by Gasteiger charge is -2.02. The van der Waals surface area contributed by atoms with Crippen LogP contribution in [0.5, 0.6) is 0 Å². The predicted octanol–water partition coefficient (Wildman–Crippen LogP) is 3.86. The number of H-pyrrole nitrogens is 1. The summed E-state index contributed by atoms with van der Waals surface area (Å²) >= 11 is 2.15. The molecule has 1 heterocycles. The second-order valence-corrected chi connectivity index (χ2v) is 5.50. The van der Waals surface area contributed by atoms with Crippen LogP contribution >= 0.6 is 22.6 Å². The van der Waals surface area contributed by atoms with Gasteiger partial charge in [0.05, 0.1) is 11.0 Å². The molecule has 0 spiro atoms. The predicted molar refractivity (Wildman–Crippen MR) is 90.7 cm³/mol. The highest BCUT2D eigenvalue weighted by Crippen LogP contribution is 2.21. The van der Waals surface area contributed by atoms with Crippen LogP contribution in [-0.4, -0.2) is 9.97 Å². The standard InChI is InChI=1S/C16H11IN2O/c17-12(10-11-6-2-1-3-7-11)15-16(20)19-14-9-5-4-8-13(14)18-15/h1-10H,(H,19,20)/b12-10-. The van der Waals surface area contributed by atoms with Crippen LogP contribution < -0.4 is 5.56 Å². The minimum atomic E-state index is -0.166. The molecule has 0 amide bonds. The Morgan fingerprint density at radius 2 is 1.75 bits per heavy atom. The molecule has 0 aliphatic heterocycles. The first kappa shape index (κ1) is 13.1. The van der Waals surface area contributed by atoms with E-state index >= 15 is 0 Å². The number of benzene rings is 2. The minimum absolute atomic E-state index is 0.166. The van der Waals surface area contributed by atoms with Crippen LogP contribution in [0.25, 0.3) is 20.7 Å². The maximum Gasteiger partial charge on any atom is 0.275 e. The maximum atomic E-state index is 12.1. The average molecular weight is 374 g/mol. The minimum Gasteiger partial charge on any atom is -0.319 e. The first-order chi connectivity index (χ1) is 9.74. The lowest BCUT2D eigenvalue weighted by atomic mass is 10.2. The second kappa shape index (κ2) is 5.58. The van der Waals surface area contributed by atoms with E-state index in [4.69, 9.17) is 0 Å². The van der Waals surface area contributed by atoms with Crippen LogP contribution in [-0.2, 0) is 0 Å². The molecule has 0 aliphatic rings. The Hall–Kier alpha value is -1.95. The van der Waals surface area contributed by atoms with Gasteiger partial charge >= 0.3 is 0 Å². The molecule has 2 aromatic carbocycles. The van der Waals surface area contributed by atoms with Crippen LogP contribution in [0, 0.1) is 0 Å². The van der Waals surface area contributed by atoms with Gasteiger partial charge in [-0.25, -0.2) is 4.98 Å². The normalized spacial score (nSPS) is 11.8. The van der Waals surface area contributed by atoms with Crippen molar-refractivity contribution in [3.05, 3.63) is 76.2 Å². The lowest BCUT2D eigenvalue weighted by Crippen LogP contribution is -2.13. The van der Waals surface area contributed by atoms with Crippen molar-refractivity contribution >= 4 is 43.3 Å². The number of fused-ring (bicyclic) bond motifs is 1. The van der Waals surface area contributed by atoms with Crippen LogP contribution in [0.3, 0.4) is 0 Å². The molecule has 1 aromatic heterocycles. The third-order valence-electron chi connectivity index (χ3n) is 2.92. The van der Waals surface area contributed by atoms with Crippen molar-refractivity contribution in [3.63, 3.8) is 0 Å². The fraction of sp³-hybridized carbons (Fsp3) is 0. The SMILES string of the molecule is O=c1[nH]c2ccccc2nc1/C(I)=C/c1ccccc1. The van der Waals surface area contributed by atoms with Gasteiger partial charge in [0.2, 0.25) is 0 Å². The molecule has 0 aliphatic carbocycles. The van der Waals surface area contributed by atoms with E-state index in [0.29, 0.717) is 5.69 Å². The third kappa shape index (κ3) is 2.65. The second-order valence-electron chi connectivity index (χ2n) is 4.33. The summed E-state index contributed by atoms with van der Waals surface area (Å²) in [6.07, 6.45) is 1.95. The van der Waals surface area contributed by atoms with Gasteiger partial charge in [-0.15, -0.1) is 0 Å². The van der Waals surface area contributed by atoms with Crippen molar-refractivity contribution in [1.29, 1.82) is 0 Å². The molecule has 98 valence electrons. The van der Waals surface area contributed by atoms with Crippen molar-refractivity contribution < 1.29 is 0 Å². The first-order valence-corrected chi connectivity index (χ1v) is 7.23. The lowest BCUT2D eigenvalue weighted by molar-refractivity contribution is 1.19. The zero-order valence-electron chi connectivity index (χ0n) is 10.5. The van der Waals surface area contributed by atoms with Crippen LogP contribution in [0.15, 0.2) is 59.4 Å². The number of nitrogens with zero attached hydrogens (tertiary/aromatic N) is 1. The van der Waals surface area contributed by atoms with E-state index in [1.54, 1.807) is 0 Å². The molecular weight excluding hydrogens is 363 g/mol. The highest BCUT2D eigenvalue weighted by molar-refractivity contribution is 14.1. The van der Waals surface area contributed by atoms with Crippen LogP contribution in [0.4, 0.5) is 0 Å². The van der Waals surface area contributed by atoms with Crippen molar-refractivity contribution in [2.24, 2.45) is 0 Å². The Labute approximate surface area is 129 Å². The van der Waals surface area contributed by atoms with E-state index in [-0.39, 0.29) is 5.56 Å². The van der Waals surface area contributed by atoms with E-state index in [2.05, 4.69) is 32.6 Å². The number of hydrogen-bond acceptors (Lipinski definition) is 2. The Kier molecular flexibility index (Phi) is 3.64. The summed E-state index contributed by atoms with van der Waals surface area (Å²) in [5.41, 5.74) is 2.88. The summed E-state index contributed by atoms with van der Waals surface area (Å²) < 4.78 is 0.820. The fourth-order valence-electron chi connectivity index (χ4n) is 1.96. The van der Waals surface area contributed by atoms with Crippen molar-refractivity contribution in [2.75, 3.05) is 0 Å². The molecule has 3 rings (SSSR count). The van der Waals surface area contributed by atoms with Crippen LogP contribution in [0.1, 0.15) is 11.3 Å². The Morgan fingerprint density at radius 3 is 2.55 bits per heavy atom. The Morgan fingerprint density at radius 1 is 1.05 bits per heavy atom. The fourth-order valence-corrected chi connectivity index (χ4v) is 2.68. The van der Waals surface area contributed by atoms with Gasteiger partial charge in [0, 0.05) is 3.58 Å². The number of aromatic amines is 1. The van der Waals surface area contributed by atoms with Gasteiger partial charge < -0.3 is 4.98 Å². The van der Waals surface area contributed by atoms with Crippen molar-refractivity contribution in [1.82, 2.24) is 9.97 Å². The summed E-state index contributed by atoms with van der Waals surface area (Å²) in [6, 6.07) is 17.4. The van der Waals surface area contributed by atoms with Crippen LogP contribution in [0.2, 0.25) is 0 Å². The number of para-hydroxylation sites is 2. The molecule has 20 heavy (non-hydrogen) atoms. The average Bonchev–Trinajstić information content (AvgIpc) is 2.47. The van der Waals surface area contributed by atoms with Gasteiger partial charge in [-0.2, -0.15) is 0 Å². The molecule has 0 atom stereocenters. The number of nitrogens with one attached hydrogen (secondary N) is 1. The molecule has 0 saturated carbocycles. The largest absolute Gasteiger partial charge is 0.319 e. The molecule has 4 heteroatoms. The summed E-state index contributed by atoms with van der Waals surface area (Å²) in [7, 11) is 0. The number of hydrogen-bond donors (Lipinski definition) is 1. The van der Waals surface area contributed by atoms with E-state index in [1.807, 2.05) is 60.7 Å². The van der Waals surface area contributed by atoms with Gasteiger partial charge in [0.1, 0.15) is 5.69 Å². The molecule has 0 radical (unpaired) electrons. The number of halogens is 1. The van der Waals surface area contributed by atoms with Crippen molar-refractivity contribution in [3.8, 4) is 0 Å². The quantitative estimate of drug-likeness (QED) is 0.693.